The van der Waals surface area contributed by atoms with Crippen LogP contribution in [0.1, 0.15) is 25.8 Å². The molecule has 1 aromatic carbocycles. The van der Waals surface area contributed by atoms with Crippen molar-refractivity contribution in [3.63, 3.8) is 0 Å². The van der Waals surface area contributed by atoms with E-state index in [0.29, 0.717) is 19.6 Å². The first-order chi connectivity index (χ1) is 10.1. The number of benzene rings is 1. The van der Waals surface area contributed by atoms with Crippen molar-refractivity contribution in [1.82, 2.24) is 10.6 Å². The minimum absolute atomic E-state index is 0.0253. The van der Waals surface area contributed by atoms with Gasteiger partial charge in [0.25, 0.3) is 0 Å². The number of nitrogens with one attached hydrogen (secondary N) is 2. The molecule has 1 heterocycles. The van der Waals surface area contributed by atoms with Gasteiger partial charge in [0.1, 0.15) is 5.75 Å². The molecule has 1 saturated heterocycles. The Morgan fingerprint density at radius 3 is 3.00 bits per heavy atom. The molecule has 0 radical (unpaired) electrons. The van der Waals surface area contributed by atoms with Gasteiger partial charge in [0.05, 0.1) is 19.3 Å². The highest BCUT2D eigenvalue weighted by Crippen LogP contribution is 2.19. The number of amides is 1. The highest BCUT2D eigenvalue weighted by molar-refractivity contribution is 5.76. The van der Waals surface area contributed by atoms with Gasteiger partial charge in [0.15, 0.2) is 0 Å². The monoisotopic (exact) mass is 292 g/mol. The predicted octanol–water partition coefficient (Wildman–Crippen LogP) is 1.47. The molecule has 0 aliphatic carbocycles. The average Bonchev–Trinajstić information content (AvgIpc) is 2.47. The molecular formula is C16H24N2O3. The molecule has 0 bridgehead atoms. The lowest BCUT2D eigenvalue weighted by molar-refractivity contribution is -0.122. The zero-order valence-corrected chi connectivity index (χ0v) is 12.7. The Morgan fingerprint density at radius 1 is 1.48 bits per heavy atom. The molecule has 5 nitrogen and oxygen atoms in total. The van der Waals surface area contributed by atoms with Crippen LogP contribution in [-0.4, -0.2) is 37.8 Å². The maximum atomic E-state index is 12.0. The van der Waals surface area contributed by atoms with E-state index in [1.165, 1.54) is 0 Å². The van der Waals surface area contributed by atoms with Gasteiger partial charge in [-0.2, -0.15) is 0 Å². The molecule has 21 heavy (non-hydrogen) atoms. The van der Waals surface area contributed by atoms with Gasteiger partial charge in [0, 0.05) is 31.1 Å². The molecule has 1 atom stereocenters. The third-order valence-electron chi connectivity index (χ3n) is 3.24. The normalized spacial score (nSPS) is 18.5. The van der Waals surface area contributed by atoms with Gasteiger partial charge in [-0.05, 0) is 19.9 Å². The van der Waals surface area contributed by atoms with Gasteiger partial charge >= 0.3 is 0 Å². The van der Waals surface area contributed by atoms with E-state index in [1.54, 1.807) is 0 Å². The third kappa shape index (κ3) is 5.36. The third-order valence-corrected chi connectivity index (χ3v) is 3.24. The Kier molecular flexibility index (Phi) is 6.02. The van der Waals surface area contributed by atoms with Gasteiger partial charge in [-0.3, -0.25) is 4.79 Å². The van der Waals surface area contributed by atoms with Gasteiger partial charge in [-0.25, -0.2) is 0 Å². The Morgan fingerprint density at radius 2 is 2.29 bits per heavy atom. The SMILES string of the molecule is CC(C)Oc1ccccc1CNC(=O)CC1COCCN1. The van der Waals surface area contributed by atoms with E-state index >= 15 is 0 Å². The van der Waals surface area contributed by atoms with Gasteiger partial charge < -0.3 is 20.1 Å². The van der Waals surface area contributed by atoms with Crippen LogP contribution in [0.5, 0.6) is 5.75 Å². The molecule has 2 rings (SSSR count). The second kappa shape index (κ2) is 8.00. The lowest BCUT2D eigenvalue weighted by Crippen LogP contribution is -2.44. The Balaban J connectivity index is 1.83. The second-order valence-corrected chi connectivity index (χ2v) is 5.48. The molecule has 1 amide bonds. The van der Waals surface area contributed by atoms with E-state index in [4.69, 9.17) is 9.47 Å². The van der Waals surface area contributed by atoms with Gasteiger partial charge in [0.2, 0.25) is 5.91 Å². The molecular weight excluding hydrogens is 268 g/mol. The minimum Gasteiger partial charge on any atom is -0.491 e. The average molecular weight is 292 g/mol. The summed E-state index contributed by atoms with van der Waals surface area (Å²) in [6.45, 7) is 6.59. The summed E-state index contributed by atoms with van der Waals surface area (Å²) < 4.78 is 11.1. The number of carbonyl (C=O) groups excluding carboxylic acids is 1. The van der Waals surface area contributed by atoms with E-state index in [9.17, 15) is 4.79 Å². The summed E-state index contributed by atoms with van der Waals surface area (Å²) in [5.41, 5.74) is 0.993. The summed E-state index contributed by atoms with van der Waals surface area (Å²) in [4.78, 5) is 12.0. The first kappa shape index (κ1) is 15.8. The number of rotatable bonds is 6. The largest absolute Gasteiger partial charge is 0.491 e. The molecule has 1 fully saturated rings. The van der Waals surface area contributed by atoms with Crippen LogP contribution in [0.25, 0.3) is 0 Å². The molecule has 116 valence electrons. The van der Waals surface area contributed by atoms with Crippen LogP contribution in [0.15, 0.2) is 24.3 Å². The van der Waals surface area contributed by atoms with Crippen LogP contribution < -0.4 is 15.4 Å². The molecule has 2 N–H and O–H groups in total. The summed E-state index contributed by atoms with van der Waals surface area (Å²) in [7, 11) is 0. The fourth-order valence-corrected chi connectivity index (χ4v) is 2.26. The van der Waals surface area contributed by atoms with Crippen molar-refractivity contribution in [2.45, 2.75) is 39.0 Å². The molecule has 1 aliphatic rings. The van der Waals surface area contributed by atoms with Crippen molar-refractivity contribution in [2.75, 3.05) is 19.8 Å². The highest BCUT2D eigenvalue weighted by Gasteiger charge is 2.16. The maximum Gasteiger partial charge on any atom is 0.221 e. The smallest absolute Gasteiger partial charge is 0.221 e. The lowest BCUT2D eigenvalue weighted by atomic mass is 10.1. The van der Waals surface area contributed by atoms with Crippen molar-refractivity contribution in [3.05, 3.63) is 29.8 Å². The van der Waals surface area contributed by atoms with Crippen LogP contribution in [0, 0.1) is 0 Å². The van der Waals surface area contributed by atoms with Crippen molar-refractivity contribution < 1.29 is 14.3 Å². The van der Waals surface area contributed by atoms with Crippen molar-refractivity contribution in [3.8, 4) is 5.75 Å². The Labute approximate surface area is 126 Å². The maximum absolute atomic E-state index is 12.0. The number of hydrogen-bond donors (Lipinski definition) is 2. The molecule has 5 heteroatoms. The molecule has 1 aromatic rings. The Bertz CT molecular complexity index is 457. The van der Waals surface area contributed by atoms with E-state index in [-0.39, 0.29) is 18.1 Å². The number of morpholine rings is 1. The quantitative estimate of drug-likeness (QED) is 0.833. The van der Waals surface area contributed by atoms with Crippen LogP contribution in [0.4, 0.5) is 0 Å². The number of ether oxygens (including phenoxy) is 2. The standard InChI is InChI=1S/C16H24N2O3/c1-12(2)21-15-6-4-3-5-13(15)10-18-16(19)9-14-11-20-8-7-17-14/h3-6,12,14,17H,7-11H2,1-2H3,(H,18,19). The summed E-state index contributed by atoms with van der Waals surface area (Å²) in [6, 6.07) is 7.90. The van der Waals surface area contributed by atoms with E-state index in [1.807, 2.05) is 38.1 Å². The van der Waals surface area contributed by atoms with Crippen LogP contribution in [0.3, 0.4) is 0 Å². The fraction of sp³-hybridized carbons (Fsp3) is 0.562. The van der Waals surface area contributed by atoms with Crippen molar-refractivity contribution in [2.24, 2.45) is 0 Å². The molecule has 0 spiro atoms. The molecule has 0 aromatic heterocycles. The van der Waals surface area contributed by atoms with Gasteiger partial charge in [-0.1, -0.05) is 18.2 Å². The summed E-state index contributed by atoms with van der Waals surface area (Å²) >= 11 is 0. The number of para-hydroxylation sites is 1. The second-order valence-electron chi connectivity index (χ2n) is 5.48. The van der Waals surface area contributed by atoms with Gasteiger partial charge in [-0.15, -0.1) is 0 Å². The zero-order valence-electron chi connectivity index (χ0n) is 12.7. The number of hydrogen-bond acceptors (Lipinski definition) is 4. The van der Waals surface area contributed by atoms with E-state index in [0.717, 1.165) is 24.5 Å². The highest BCUT2D eigenvalue weighted by atomic mass is 16.5. The lowest BCUT2D eigenvalue weighted by Gasteiger charge is -2.23. The topological polar surface area (TPSA) is 59.6 Å². The van der Waals surface area contributed by atoms with Crippen LogP contribution in [0.2, 0.25) is 0 Å². The molecule has 0 saturated carbocycles. The summed E-state index contributed by atoms with van der Waals surface area (Å²) in [5.74, 6) is 0.851. The molecule has 1 aliphatic heterocycles. The first-order valence-electron chi connectivity index (χ1n) is 7.47. The van der Waals surface area contributed by atoms with Crippen molar-refractivity contribution in [1.29, 1.82) is 0 Å². The van der Waals surface area contributed by atoms with E-state index in [2.05, 4.69) is 10.6 Å². The molecule has 1 unspecified atom stereocenters. The van der Waals surface area contributed by atoms with Crippen LogP contribution in [-0.2, 0) is 16.1 Å². The number of carbonyl (C=O) groups is 1. The van der Waals surface area contributed by atoms with E-state index < -0.39 is 0 Å². The summed E-state index contributed by atoms with van der Waals surface area (Å²) in [6.07, 6.45) is 0.554. The first-order valence-corrected chi connectivity index (χ1v) is 7.47. The Hall–Kier alpha value is -1.59. The summed E-state index contributed by atoms with van der Waals surface area (Å²) in [5, 5.41) is 6.22. The van der Waals surface area contributed by atoms with Crippen LogP contribution >= 0.6 is 0 Å². The zero-order chi connectivity index (χ0) is 15.1. The predicted molar refractivity (Wildman–Crippen MR) is 81.3 cm³/mol. The minimum atomic E-state index is 0.0253. The van der Waals surface area contributed by atoms with Crippen molar-refractivity contribution >= 4 is 5.91 Å². The fourth-order valence-electron chi connectivity index (χ4n) is 2.26.